The van der Waals surface area contributed by atoms with Crippen LogP contribution in [0.15, 0.2) is 18.2 Å². The van der Waals surface area contributed by atoms with Gasteiger partial charge < -0.3 is 14.0 Å². The zero-order valence-corrected chi connectivity index (χ0v) is 13.0. The summed E-state index contributed by atoms with van der Waals surface area (Å²) in [6.07, 6.45) is 0. The predicted octanol–water partition coefficient (Wildman–Crippen LogP) is 3.46. The number of methoxy groups -OCH3 is 1. The number of halogens is 1. The maximum atomic E-state index is 6.04. The van der Waals surface area contributed by atoms with Crippen LogP contribution in [0.5, 0.6) is 5.75 Å². The highest BCUT2D eigenvalue weighted by Gasteiger charge is 2.15. The molecule has 5 heteroatoms. The van der Waals surface area contributed by atoms with Crippen LogP contribution in [0, 0.1) is 5.92 Å². The number of fused-ring (bicyclic) bond motifs is 1. The minimum Gasteiger partial charge on any atom is -0.492 e. The Bertz CT molecular complexity index is 568. The van der Waals surface area contributed by atoms with E-state index in [2.05, 4.69) is 22.5 Å². The standard InChI is InChI=1S/C15H21ClN2O2/c1-4-20-13-7-5-6-12-15(13)17-14(8-16)18(12)9-11(2)10-19-3/h5-7,11H,4,8-10H2,1-3H3. The molecule has 0 saturated carbocycles. The van der Waals surface area contributed by atoms with E-state index in [0.717, 1.165) is 29.2 Å². The molecule has 1 aromatic heterocycles. The van der Waals surface area contributed by atoms with E-state index in [1.54, 1.807) is 7.11 Å². The molecule has 1 unspecified atom stereocenters. The molecule has 0 saturated heterocycles. The van der Waals surface area contributed by atoms with E-state index in [1.807, 2.05) is 19.1 Å². The van der Waals surface area contributed by atoms with Gasteiger partial charge in [0.25, 0.3) is 0 Å². The Morgan fingerprint density at radius 1 is 1.40 bits per heavy atom. The summed E-state index contributed by atoms with van der Waals surface area (Å²) in [5, 5.41) is 0. The van der Waals surface area contributed by atoms with Crippen molar-refractivity contribution in [3.63, 3.8) is 0 Å². The molecule has 1 atom stereocenters. The summed E-state index contributed by atoms with van der Waals surface area (Å²) < 4.78 is 13.0. The molecule has 2 rings (SSSR count). The average molecular weight is 297 g/mol. The normalized spacial score (nSPS) is 12.8. The van der Waals surface area contributed by atoms with Crippen LogP contribution in [0.1, 0.15) is 19.7 Å². The van der Waals surface area contributed by atoms with Crippen LogP contribution < -0.4 is 4.74 Å². The van der Waals surface area contributed by atoms with E-state index >= 15 is 0 Å². The van der Waals surface area contributed by atoms with Gasteiger partial charge >= 0.3 is 0 Å². The molecule has 110 valence electrons. The highest BCUT2D eigenvalue weighted by molar-refractivity contribution is 6.16. The molecule has 20 heavy (non-hydrogen) atoms. The number of hydrogen-bond donors (Lipinski definition) is 0. The van der Waals surface area contributed by atoms with E-state index in [9.17, 15) is 0 Å². The lowest BCUT2D eigenvalue weighted by molar-refractivity contribution is 0.151. The number of para-hydroxylation sites is 1. The van der Waals surface area contributed by atoms with Crippen molar-refractivity contribution in [1.82, 2.24) is 9.55 Å². The van der Waals surface area contributed by atoms with E-state index < -0.39 is 0 Å². The fourth-order valence-electron chi connectivity index (χ4n) is 2.40. The van der Waals surface area contributed by atoms with Gasteiger partial charge in [0.1, 0.15) is 17.1 Å². The largest absolute Gasteiger partial charge is 0.492 e. The number of imidazole rings is 1. The van der Waals surface area contributed by atoms with Gasteiger partial charge in [-0.3, -0.25) is 0 Å². The molecule has 0 aliphatic heterocycles. The van der Waals surface area contributed by atoms with Gasteiger partial charge in [-0.05, 0) is 25.0 Å². The van der Waals surface area contributed by atoms with Crippen LogP contribution in [0.3, 0.4) is 0 Å². The highest BCUT2D eigenvalue weighted by Crippen LogP contribution is 2.27. The number of ether oxygens (including phenoxy) is 2. The number of rotatable bonds is 7. The SMILES string of the molecule is CCOc1cccc2c1nc(CCl)n2CC(C)COC. The third kappa shape index (κ3) is 3.07. The van der Waals surface area contributed by atoms with Crippen molar-refractivity contribution in [2.24, 2.45) is 5.92 Å². The summed E-state index contributed by atoms with van der Waals surface area (Å²) in [5.74, 6) is 2.47. The fraction of sp³-hybridized carbons (Fsp3) is 0.533. The summed E-state index contributed by atoms with van der Waals surface area (Å²) >= 11 is 6.04. The molecule has 4 nitrogen and oxygen atoms in total. The molecule has 0 amide bonds. The summed E-state index contributed by atoms with van der Waals surface area (Å²) in [4.78, 5) is 4.63. The molecular weight excluding hydrogens is 276 g/mol. The van der Waals surface area contributed by atoms with Crippen LogP contribution in [-0.4, -0.2) is 29.9 Å². The second-order valence-electron chi connectivity index (χ2n) is 4.89. The lowest BCUT2D eigenvalue weighted by Crippen LogP contribution is -2.14. The highest BCUT2D eigenvalue weighted by atomic mass is 35.5. The average Bonchev–Trinajstić information content (AvgIpc) is 2.79. The van der Waals surface area contributed by atoms with Gasteiger partial charge in [-0.15, -0.1) is 11.6 Å². The van der Waals surface area contributed by atoms with Gasteiger partial charge in [-0.25, -0.2) is 4.98 Å². The molecule has 0 bridgehead atoms. The minimum absolute atomic E-state index is 0.389. The number of hydrogen-bond acceptors (Lipinski definition) is 3. The summed E-state index contributed by atoms with van der Waals surface area (Å²) in [5.41, 5.74) is 1.95. The molecule has 0 spiro atoms. The fourth-order valence-corrected chi connectivity index (χ4v) is 2.60. The number of benzene rings is 1. The Hall–Kier alpha value is -1.26. The predicted molar refractivity (Wildman–Crippen MR) is 81.5 cm³/mol. The van der Waals surface area contributed by atoms with Gasteiger partial charge in [0.2, 0.25) is 0 Å². The van der Waals surface area contributed by atoms with Crippen molar-refractivity contribution in [2.75, 3.05) is 20.3 Å². The quantitative estimate of drug-likeness (QED) is 0.734. The van der Waals surface area contributed by atoms with Gasteiger partial charge in [0.15, 0.2) is 0 Å². The summed E-state index contributed by atoms with van der Waals surface area (Å²) in [6.45, 7) is 6.30. The molecule has 0 aliphatic carbocycles. The van der Waals surface area contributed by atoms with E-state index in [-0.39, 0.29) is 0 Å². The summed E-state index contributed by atoms with van der Waals surface area (Å²) in [6, 6.07) is 5.99. The molecule has 1 aromatic carbocycles. The molecule has 0 N–H and O–H groups in total. The van der Waals surface area contributed by atoms with Crippen molar-refractivity contribution in [3.05, 3.63) is 24.0 Å². The molecule has 1 heterocycles. The van der Waals surface area contributed by atoms with E-state index in [1.165, 1.54) is 0 Å². The lowest BCUT2D eigenvalue weighted by atomic mass is 10.2. The first-order chi connectivity index (χ1) is 9.71. The Balaban J connectivity index is 2.44. The Morgan fingerprint density at radius 3 is 2.85 bits per heavy atom. The number of alkyl halides is 1. The van der Waals surface area contributed by atoms with E-state index in [4.69, 9.17) is 21.1 Å². The van der Waals surface area contributed by atoms with Gasteiger partial charge in [0.05, 0.1) is 24.6 Å². The molecular formula is C15H21ClN2O2. The summed E-state index contributed by atoms with van der Waals surface area (Å²) in [7, 11) is 1.72. The zero-order valence-electron chi connectivity index (χ0n) is 12.2. The maximum absolute atomic E-state index is 6.04. The second kappa shape index (κ2) is 6.95. The number of aromatic nitrogens is 2. The Kier molecular flexibility index (Phi) is 5.26. The van der Waals surface area contributed by atoms with Crippen LogP contribution >= 0.6 is 11.6 Å². The maximum Gasteiger partial charge on any atom is 0.147 e. The molecule has 0 radical (unpaired) electrons. The van der Waals surface area contributed by atoms with E-state index in [0.29, 0.717) is 25.0 Å². The van der Waals surface area contributed by atoms with Crippen LogP contribution in [0.2, 0.25) is 0 Å². The van der Waals surface area contributed by atoms with Gasteiger partial charge in [0, 0.05) is 13.7 Å². The van der Waals surface area contributed by atoms with Crippen molar-refractivity contribution in [3.8, 4) is 5.75 Å². The zero-order chi connectivity index (χ0) is 14.5. The second-order valence-corrected chi connectivity index (χ2v) is 5.16. The van der Waals surface area contributed by atoms with Gasteiger partial charge in [-0.2, -0.15) is 0 Å². The Labute approximate surface area is 124 Å². The lowest BCUT2D eigenvalue weighted by Gasteiger charge is -2.14. The first-order valence-corrected chi connectivity index (χ1v) is 7.40. The molecule has 0 fully saturated rings. The first kappa shape index (κ1) is 15.1. The van der Waals surface area contributed by atoms with Gasteiger partial charge in [-0.1, -0.05) is 13.0 Å². The van der Waals surface area contributed by atoms with Crippen LogP contribution in [0.25, 0.3) is 11.0 Å². The van der Waals surface area contributed by atoms with Crippen molar-refractivity contribution >= 4 is 22.6 Å². The minimum atomic E-state index is 0.389. The smallest absolute Gasteiger partial charge is 0.147 e. The third-order valence-electron chi connectivity index (χ3n) is 3.19. The topological polar surface area (TPSA) is 36.3 Å². The molecule has 2 aromatic rings. The van der Waals surface area contributed by atoms with Crippen molar-refractivity contribution < 1.29 is 9.47 Å². The Morgan fingerprint density at radius 2 is 2.20 bits per heavy atom. The number of nitrogens with zero attached hydrogens (tertiary/aromatic N) is 2. The first-order valence-electron chi connectivity index (χ1n) is 6.87. The molecule has 0 aliphatic rings. The van der Waals surface area contributed by atoms with Crippen LogP contribution in [-0.2, 0) is 17.2 Å². The van der Waals surface area contributed by atoms with Crippen molar-refractivity contribution in [1.29, 1.82) is 0 Å². The third-order valence-corrected chi connectivity index (χ3v) is 3.42. The van der Waals surface area contributed by atoms with Crippen LogP contribution in [0.4, 0.5) is 0 Å². The van der Waals surface area contributed by atoms with Crippen molar-refractivity contribution in [2.45, 2.75) is 26.3 Å². The monoisotopic (exact) mass is 296 g/mol.